The molecule has 142 valence electrons. The molecule has 0 saturated carbocycles. The zero-order chi connectivity index (χ0) is 17.8. The Kier molecular flexibility index (Phi) is 5.41. The van der Waals surface area contributed by atoms with E-state index in [0.717, 1.165) is 70.8 Å². The molecule has 3 saturated heterocycles. The predicted molar refractivity (Wildman–Crippen MR) is 99.1 cm³/mol. The van der Waals surface area contributed by atoms with Crippen molar-refractivity contribution in [3.8, 4) is 0 Å². The van der Waals surface area contributed by atoms with Gasteiger partial charge in [0.05, 0.1) is 25.1 Å². The summed E-state index contributed by atoms with van der Waals surface area (Å²) in [5.41, 5.74) is 1.16. The first-order chi connectivity index (χ1) is 12.8. The molecule has 3 fully saturated rings. The Bertz CT molecular complexity index is 606. The van der Waals surface area contributed by atoms with Crippen molar-refractivity contribution < 1.29 is 14.3 Å². The van der Waals surface area contributed by atoms with Crippen molar-refractivity contribution >= 4 is 11.6 Å². The van der Waals surface area contributed by atoms with Crippen molar-refractivity contribution in [2.24, 2.45) is 11.3 Å². The maximum atomic E-state index is 13.0. The van der Waals surface area contributed by atoms with Crippen LogP contribution in [0.25, 0.3) is 0 Å². The van der Waals surface area contributed by atoms with Crippen LogP contribution >= 0.6 is 0 Å². The summed E-state index contributed by atoms with van der Waals surface area (Å²) in [5.74, 6) is 0.463. The Morgan fingerprint density at radius 2 is 2.04 bits per heavy atom. The van der Waals surface area contributed by atoms with E-state index in [9.17, 15) is 4.79 Å². The second-order valence-electron chi connectivity index (χ2n) is 7.94. The number of hydrogen-bond acceptors (Lipinski definition) is 5. The van der Waals surface area contributed by atoms with Crippen LogP contribution in [0.3, 0.4) is 0 Å². The van der Waals surface area contributed by atoms with Crippen LogP contribution in [0.2, 0.25) is 0 Å². The quantitative estimate of drug-likeness (QED) is 0.808. The Morgan fingerprint density at radius 3 is 2.85 bits per heavy atom. The summed E-state index contributed by atoms with van der Waals surface area (Å²) in [6.45, 7) is 6.38. The molecule has 6 heteroatoms. The Morgan fingerprint density at radius 1 is 1.15 bits per heavy atom. The van der Waals surface area contributed by atoms with Gasteiger partial charge in [-0.15, -0.1) is 0 Å². The van der Waals surface area contributed by atoms with E-state index in [1.807, 2.05) is 18.5 Å². The van der Waals surface area contributed by atoms with Crippen molar-refractivity contribution in [1.82, 2.24) is 9.88 Å². The summed E-state index contributed by atoms with van der Waals surface area (Å²) in [6.07, 6.45) is 7.62. The summed E-state index contributed by atoms with van der Waals surface area (Å²) in [7, 11) is 0. The second kappa shape index (κ2) is 7.92. The van der Waals surface area contributed by atoms with Crippen LogP contribution in [0.4, 0.5) is 5.69 Å². The van der Waals surface area contributed by atoms with E-state index < -0.39 is 0 Å². The third-order valence-electron chi connectivity index (χ3n) is 5.99. The van der Waals surface area contributed by atoms with Gasteiger partial charge in [0.25, 0.3) is 0 Å². The molecule has 1 aromatic heterocycles. The largest absolute Gasteiger partial charge is 0.381 e. The van der Waals surface area contributed by atoms with E-state index >= 15 is 0 Å². The lowest BCUT2D eigenvalue weighted by Crippen LogP contribution is -2.53. The van der Waals surface area contributed by atoms with Crippen LogP contribution in [0, 0.1) is 11.3 Å². The van der Waals surface area contributed by atoms with Crippen molar-refractivity contribution in [2.45, 2.75) is 25.7 Å². The summed E-state index contributed by atoms with van der Waals surface area (Å²) in [5, 5.41) is 0. The van der Waals surface area contributed by atoms with E-state index in [1.54, 1.807) is 0 Å². The van der Waals surface area contributed by atoms with Crippen molar-refractivity contribution in [2.75, 3.05) is 57.5 Å². The lowest BCUT2D eigenvalue weighted by Gasteiger charge is -2.45. The molecule has 3 aliphatic heterocycles. The highest BCUT2D eigenvalue weighted by Gasteiger charge is 2.41. The fourth-order valence-corrected chi connectivity index (χ4v) is 4.60. The molecular weight excluding hydrogens is 330 g/mol. The van der Waals surface area contributed by atoms with Gasteiger partial charge in [0.2, 0.25) is 5.91 Å². The third-order valence-corrected chi connectivity index (χ3v) is 5.99. The van der Waals surface area contributed by atoms with Gasteiger partial charge < -0.3 is 19.3 Å². The molecule has 1 atom stereocenters. The number of carbonyl (C=O) groups is 1. The molecule has 0 aromatic carbocycles. The molecule has 1 aromatic rings. The van der Waals surface area contributed by atoms with Crippen molar-refractivity contribution in [3.05, 3.63) is 24.5 Å². The number of ether oxygens (including phenoxy) is 2. The van der Waals surface area contributed by atoms with E-state index in [-0.39, 0.29) is 11.3 Å². The first kappa shape index (κ1) is 17.7. The number of nitrogens with zero attached hydrogens (tertiary/aromatic N) is 3. The average Bonchev–Trinajstić information content (AvgIpc) is 2.91. The number of piperidine rings is 1. The number of carbonyl (C=O) groups excluding carboxylic acids is 1. The topological polar surface area (TPSA) is 54.9 Å². The second-order valence-corrected chi connectivity index (χ2v) is 7.94. The molecule has 0 radical (unpaired) electrons. The summed E-state index contributed by atoms with van der Waals surface area (Å²) < 4.78 is 11.4. The number of amides is 1. The highest BCUT2D eigenvalue weighted by molar-refractivity contribution is 5.79. The van der Waals surface area contributed by atoms with Gasteiger partial charge >= 0.3 is 0 Å². The lowest BCUT2D eigenvalue weighted by atomic mass is 9.79. The standard InChI is InChI=1S/C20H29N3O3/c24-19(17-4-10-25-11-5-17)23-8-2-6-20(15-23)14-22(9-12-26-16-20)18-3-1-7-21-13-18/h1,3,7,13,17H,2,4-6,8-12,14-16H2. The molecule has 1 spiro atoms. The van der Waals surface area contributed by atoms with Gasteiger partial charge in [-0.2, -0.15) is 0 Å². The van der Waals surface area contributed by atoms with E-state index in [1.165, 1.54) is 0 Å². The normalized spacial score (nSPS) is 28.2. The molecule has 1 amide bonds. The zero-order valence-corrected chi connectivity index (χ0v) is 15.4. The first-order valence-electron chi connectivity index (χ1n) is 9.85. The summed E-state index contributed by atoms with van der Waals surface area (Å²) in [6, 6.07) is 4.09. The van der Waals surface area contributed by atoms with Crippen LogP contribution < -0.4 is 4.90 Å². The SMILES string of the molecule is O=C(C1CCOCC1)N1CCCC2(COCCN(c3cccnc3)C2)C1. The van der Waals surface area contributed by atoms with E-state index in [2.05, 4.69) is 20.9 Å². The van der Waals surface area contributed by atoms with Crippen molar-refractivity contribution in [1.29, 1.82) is 0 Å². The van der Waals surface area contributed by atoms with Gasteiger partial charge in [-0.05, 0) is 37.8 Å². The fourth-order valence-electron chi connectivity index (χ4n) is 4.60. The molecule has 3 aliphatic rings. The van der Waals surface area contributed by atoms with Gasteiger partial charge in [-0.1, -0.05) is 0 Å². The molecule has 4 heterocycles. The average molecular weight is 359 g/mol. The number of likely N-dealkylation sites (tertiary alicyclic amines) is 1. The van der Waals surface area contributed by atoms with Crippen LogP contribution in [-0.4, -0.2) is 68.4 Å². The van der Waals surface area contributed by atoms with Crippen LogP contribution in [0.1, 0.15) is 25.7 Å². The fraction of sp³-hybridized carbons (Fsp3) is 0.700. The van der Waals surface area contributed by atoms with Gasteiger partial charge in [-0.3, -0.25) is 9.78 Å². The maximum absolute atomic E-state index is 13.0. The van der Waals surface area contributed by atoms with E-state index in [0.29, 0.717) is 19.1 Å². The molecule has 0 bridgehead atoms. The maximum Gasteiger partial charge on any atom is 0.225 e. The highest BCUT2D eigenvalue weighted by Crippen LogP contribution is 2.35. The molecule has 4 rings (SSSR count). The Balaban J connectivity index is 1.48. The number of anilines is 1. The summed E-state index contributed by atoms with van der Waals surface area (Å²) >= 11 is 0. The van der Waals surface area contributed by atoms with Crippen LogP contribution in [0.15, 0.2) is 24.5 Å². The predicted octanol–water partition coefficient (Wildman–Crippen LogP) is 1.95. The molecule has 0 N–H and O–H groups in total. The van der Waals surface area contributed by atoms with E-state index in [4.69, 9.17) is 9.47 Å². The number of aromatic nitrogens is 1. The molecular formula is C20H29N3O3. The van der Waals surface area contributed by atoms with Crippen molar-refractivity contribution in [3.63, 3.8) is 0 Å². The Labute approximate surface area is 155 Å². The van der Waals surface area contributed by atoms with Crippen LogP contribution in [0.5, 0.6) is 0 Å². The van der Waals surface area contributed by atoms with Gasteiger partial charge in [0, 0.05) is 56.9 Å². The van der Waals surface area contributed by atoms with Gasteiger partial charge in [0.1, 0.15) is 0 Å². The van der Waals surface area contributed by atoms with Gasteiger partial charge in [0.15, 0.2) is 0 Å². The number of hydrogen-bond donors (Lipinski definition) is 0. The minimum atomic E-state index is 0.0193. The number of rotatable bonds is 2. The smallest absolute Gasteiger partial charge is 0.225 e. The van der Waals surface area contributed by atoms with Crippen LogP contribution in [-0.2, 0) is 14.3 Å². The van der Waals surface area contributed by atoms with Gasteiger partial charge in [-0.25, -0.2) is 0 Å². The molecule has 1 unspecified atom stereocenters. The Hall–Kier alpha value is -1.66. The molecule has 6 nitrogen and oxygen atoms in total. The number of pyridine rings is 1. The minimum Gasteiger partial charge on any atom is -0.381 e. The zero-order valence-electron chi connectivity index (χ0n) is 15.4. The molecule has 26 heavy (non-hydrogen) atoms. The summed E-state index contributed by atoms with van der Waals surface area (Å²) in [4.78, 5) is 21.8. The first-order valence-corrected chi connectivity index (χ1v) is 9.85. The highest BCUT2D eigenvalue weighted by atomic mass is 16.5. The third kappa shape index (κ3) is 3.86. The monoisotopic (exact) mass is 359 g/mol. The lowest BCUT2D eigenvalue weighted by molar-refractivity contribution is -0.143. The minimum absolute atomic E-state index is 0.0193. The molecule has 0 aliphatic carbocycles.